The van der Waals surface area contributed by atoms with E-state index in [1.807, 2.05) is 68.2 Å². The minimum atomic E-state index is -0.205. The first-order valence-electron chi connectivity index (χ1n) is 6.49. The summed E-state index contributed by atoms with van der Waals surface area (Å²) in [6, 6.07) is 10.1. The van der Waals surface area contributed by atoms with Crippen molar-refractivity contribution in [2.45, 2.75) is 39.3 Å². The van der Waals surface area contributed by atoms with E-state index < -0.39 is 0 Å². The fraction of sp³-hybridized carbons (Fsp3) is 0.400. The summed E-state index contributed by atoms with van der Waals surface area (Å²) in [5.41, 5.74) is 4.99. The molecule has 0 radical (unpaired) electrons. The summed E-state index contributed by atoms with van der Waals surface area (Å²) in [6.45, 7) is 8.10. The summed E-state index contributed by atoms with van der Waals surface area (Å²) >= 11 is 0. The number of benzene rings is 1. The molecule has 0 aliphatic heterocycles. The molecule has 1 N–H and O–H groups in total. The molecule has 4 nitrogen and oxygen atoms in total. The smallest absolute Gasteiger partial charge is 0.0813 e. The normalized spacial score (nSPS) is 13.5. The molecule has 1 aromatic heterocycles. The zero-order valence-corrected chi connectivity index (χ0v) is 11.9. The SMILES string of the molecule is CC(NOC(C)(C)C)c1cnn(-c2ccccc2)c1. The van der Waals surface area contributed by atoms with Gasteiger partial charge in [0.05, 0.1) is 23.5 Å². The monoisotopic (exact) mass is 259 g/mol. The molecule has 19 heavy (non-hydrogen) atoms. The van der Waals surface area contributed by atoms with E-state index in [0.717, 1.165) is 11.3 Å². The minimum Gasteiger partial charge on any atom is -0.296 e. The van der Waals surface area contributed by atoms with Crippen molar-refractivity contribution in [2.24, 2.45) is 0 Å². The van der Waals surface area contributed by atoms with Crippen LogP contribution in [0.5, 0.6) is 0 Å². The molecule has 0 saturated carbocycles. The Morgan fingerprint density at radius 1 is 1.21 bits per heavy atom. The molecule has 102 valence electrons. The predicted molar refractivity (Wildman–Crippen MR) is 76.0 cm³/mol. The van der Waals surface area contributed by atoms with E-state index in [-0.39, 0.29) is 11.6 Å². The van der Waals surface area contributed by atoms with Gasteiger partial charge < -0.3 is 0 Å². The van der Waals surface area contributed by atoms with Crippen molar-refractivity contribution in [3.63, 3.8) is 0 Å². The highest BCUT2D eigenvalue weighted by Gasteiger charge is 2.14. The summed E-state index contributed by atoms with van der Waals surface area (Å²) in [4.78, 5) is 5.57. The quantitative estimate of drug-likeness (QED) is 0.857. The van der Waals surface area contributed by atoms with Crippen LogP contribution in [0.25, 0.3) is 5.69 Å². The molecule has 0 aliphatic rings. The Kier molecular flexibility index (Phi) is 4.02. The van der Waals surface area contributed by atoms with Gasteiger partial charge in [0.1, 0.15) is 0 Å². The van der Waals surface area contributed by atoms with Crippen molar-refractivity contribution in [3.8, 4) is 5.69 Å². The van der Waals surface area contributed by atoms with Gasteiger partial charge in [0.2, 0.25) is 0 Å². The largest absolute Gasteiger partial charge is 0.296 e. The number of nitrogens with one attached hydrogen (secondary N) is 1. The van der Waals surface area contributed by atoms with Gasteiger partial charge in [-0.05, 0) is 39.8 Å². The predicted octanol–water partition coefficient (Wildman–Crippen LogP) is 3.25. The molecule has 0 amide bonds. The summed E-state index contributed by atoms with van der Waals surface area (Å²) in [5, 5.41) is 4.37. The van der Waals surface area contributed by atoms with Gasteiger partial charge in [-0.15, -0.1) is 0 Å². The Bertz CT molecular complexity index is 514. The van der Waals surface area contributed by atoms with Crippen molar-refractivity contribution in [1.29, 1.82) is 0 Å². The molecule has 2 aromatic rings. The number of rotatable bonds is 4. The van der Waals surface area contributed by atoms with E-state index in [1.165, 1.54) is 0 Å². The van der Waals surface area contributed by atoms with Crippen LogP contribution >= 0.6 is 0 Å². The lowest BCUT2D eigenvalue weighted by Gasteiger charge is -2.22. The Labute approximate surface area is 114 Å². The van der Waals surface area contributed by atoms with E-state index in [1.54, 1.807) is 0 Å². The van der Waals surface area contributed by atoms with Crippen LogP contribution in [0.15, 0.2) is 42.7 Å². The third-order valence-corrected chi connectivity index (χ3v) is 2.67. The van der Waals surface area contributed by atoms with Crippen LogP contribution in [0.4, 0.5) is 0 Å². The van der Waals surface area contributed by atoms with Crippen LogP contribution in [-0.2, 0) is 4.84 Å². The Morgan fingerprint density at radius 2 is 1.89 bits per heavy atom. The van der Waals surface area contributed by atoms with Gasteiger partial charge in [0, 0.05) is 11.8 Å². The number of hydrogen-bond acceptors (Lipinski definition) is 3. The Morgan fingerprint density at radius 3 is 2.53 bits per heavy atom. The van der Waals surface area contributed by atoms with E-state index in [4.69, 9.17) is 4.84 Å². The van der Waals surface area contributed by atoms with Gasteiger partial charge in [0.15, 0.2) is 0 Å². The number of aromatic nitrogens is 2. The van der Waals surface area contributed by atoms with Crippen LogP contribution < -0.4 is 5.48 Å². The van der Waals surface area contributed by atoms with Crippen LogP contribution in [-0.4, -0.2) is 15.4 Å². The van der Waals surface area contributed by atoms with Gasteiger partial charge in [-0.3, -0.25) is 4.84 Å². The third kappa shape index (κ3) is 3.91. The number of hydroxylamine groups is 1. The maximum absolute atomic E-state index is 5.57. The molecule has 0 bridgehead atoms. The molecule has 4 heteroatoms. The standard InChI is InChI=1S/C15H21N3O/c1-12(17-19-15(2,3)4)13-10-16-18(11-13)14-8-6-5-7-9-14/h5-12,17H,1-4H3. The van der Waals surface area contributed by atoms with Crippen LogP contribution in [0.3, 0.4) is 0 Å². The lowest BCUT2D eigenvalue weighted by Crippen LogP contribution is -2.30. The first-order chi connectivity index (χ1) is 8.96. The maximum Gasteiger partial charge on any atom is 0.0813 e. The van der Waals surface area contributed by atoms with Crippen molar-refractivity contribution in [1.82, 2.24) is 15.3 Å². The molecule has 1 unspecified atom stereocenters. The summed E-state index contributed by atoms with van der Waals surface area (Å²) < 4.78 is 1.87. The van der Waals surface area contributed by atoms with Gasteiger partial charge >= 0.3 is 0 Å². The van der Waals surface area contributed by atoms with Crippen molar-refractivity contribution < 1.29 is 4.84 Å². The summed E-state index contributed by atoms with van der Waals surface area (Å²) in [6.07, 6.45) is 3.87. The fourth-order valence-corrected chi connectivity index (χ4v) is 1.62. The van der Waals surface area contributed by atoms with Gasteiger partial charge in [-0.25, -0.2) is 4.68 Å². The number of hydrogen-bond donors (Lipinski definition) is 1. The summed E-state index contributed by atoms with van der Waals surface area (Å²) in [7, 11) is 0. The second kappa shape index (κ2) is 5.55. The van der Waals surface area contributed by atoms with E-state index in [9.17, 15) is 0 Å². The molecule has 0 spiro atoms. The van der Waals surface area contributed by atoms with Crippen molar-refractivity contribution in [3.05, 3.63) is 48.3 Å². The highest BCUT2D eigenvalue weighted by Crippen LogP contribution is 2.16. The highest BCUT2D eigenvalue weighted by molar-refractivity contribution is 5.31. The second-order valence-corrected chi connectivity index (χ2v) is 5.61. The second-order valence-electron chi connectivity index (χ2n) is 5.61. The first kappa shape index (κ1) is 13.8. The van der Waals surface area contributed by atoms with E-state index in [2.05, 4.69) is 17.5 Å². The Balaban J connectivity index is 2.05. The summed E-state index contributed by atoms with van der Waals surface area (Å²) in [5.74, 6) is 0. The van der Waals surface area contributed by atoms with Crippen LogP contribution in [0.1, 0.15) is 39.3 Å². The molecule has 2 rings (SSSR count). The highest BCUT2D eigenvalue weighted by atomic mass is 16.7. The van der Waals surface area contributed by atoms with Crippen molar-refractivity contribution in [2.75, 3.05) is 0 Å². The molecule has 0 saturated heterocycles. The molecule has 1 aromatic carbocycles. The lowest BCUT2D eigenvalue weighted by atomic mass is 10.2. The third-order valence-electron chi connectivity index (χ3n) is 2.67. The molecule has 0 aliphatic carbocycles. The maximum atomic E-state index is 5.57. The topological polar surface area (TPSA) is 39.1 Å². The van der Waals surface area contributed by atoms with Crippen molar-refractivity contribution >= 4 is 0 Å². The fourth-order valence-electron chi connectivity index (χ4n) is 1.62. The van der Waals surface area contributed by atoms with Crippen LogP contribution in [0.2, 0.25) is 0 Å². The van der Waals surface area contributed by atoms with Gasteiger partial charge in [-0.2, -0.15) is 10.6 Å². The molecule has 1 atom stereocenters. The Hall–Kier alpha value is -1.65. The molecular weight excluding hydrogens is 238 g/mol. The number of para-hydroxylation sites is 1. The molecule has 0 fully saturated rings. The van der Waals surface area contributed by atoms with Gasteiger partial charge in [0.25, 0.3) is 0 Å². The average molecular weight is 259 g/mol. The zero-order valence-electron chi connectivity index (χ0n) is 11.9. The minimum absolute atomic E-state index is 0.0942. The first-order valence-corrected chi connectivity index (χ1v) is 6.49. The lowest BCUT2D eigenvalue weighted by molar-refractivity contribution is -0.0866. The van der Waals surface area contributed by atoms with Gasteiger partial charge in [-0.1, -0.05) is 18.2 Å². The average Bonchev–Trinajstić information content (AvgIpc) is 2.86. The molecule has 1 heterocycles. The zero-order chi connectivity index (χ0) is 13.9. The van der Waals surface area contributed by atoms with E-state index >= 15 is 0 Å². The van der Waals surface area contributed by atoms with E-state index in [0.29, 0.717) is 0 Å². The molecular formula is C15H21N3O. The number of nitrogens with zero attached hydrogens (tertiary/aromatic N) is 2. The van der Waals surface area contributed by atoms with Crippen LogP contribution in [0, 0.1) is 0 Å².